The third-order valence-corrected chi connectivity index (χ3v) is 14.9. The molecule has 1 spiro atoms. The molecular formula is C58H59N7O9. The van der Waals surface area contributed by atoms with Crippen molar-refractivity contribution in [2.45, 2.75) is 88.2 Å². The predicted molar refractivity (Wildman–Crippen MR) is 274 cm³/mol. The monoisotopic (exact) mass is 997 g/mol. The number of hydrogen-bond acceptors (Lipinski definition) is 12. The first-order valence-corrected chi connectivity index (χ1v) is 25.4. The average Bonchev–Trinajstić information content (AvgIpc) is 4.06. The summed E-state index contributed by atoms with van der Waals surface area (Å²) in [6.45, 7) is 4.29. The Bertz CT molecular complexity index is 3110. The molecule has 4 aliphatic rings. The maximum atomic E-state index is 16.9. The number of morpholine rings is 1. The Morgan fingerprint density at radius 1 is 0.824 bits per heavy atom. The lowest BCUT2D eigenvalue weighted by Gasteiger charge is -2.46. The van der Waals surface area contributed by atoms with E-state index in [4.69, 9.17) is 14.2 Å². The largest absolute Gasteiger partial charge is 0.491 e. The quantitative estimate of drug-likeness (QED) is 0.0983. The van der Waals surface area contributed by atoms with Crippen LogP contribution >= 0.6 is 0 Å². The van der Waals surface area contributed by atoms with E-state index in [1.165, 1.54) is 7.11 Å². The minimum absolute atomic E-state index is 0.0316. The molecule has 2 N–H and O–H groups in total. The van der Waals surface area contributed by atoms with Crippen LogP contribution in [0, 0.1) is 23.7 Å². The Morgan fingerprint density at radius 3 is 2.19 bits per heavy atom. The molecule has 10 rings (SSSR count). The molecule has 16 heteroatoms. The fraction of sp³-hybridized carbons (Fsp3) is 0.362. The second kappa shape index (κ2) is 21.3. The minimum Gasteiger partial charge on any atom is -0.491 e. The van der Waals surface area contributed by atoms with Crippen LogP contribution in [0.15, 0.2) is 127 Å². The Hall–Kier alpha value is -7.87. The fourth-order valence-corrected chi connectivity index (χ4v) is 11.6. The van der Waals surface area contributed by atoms with Crippen molar-refractivity contribution in [1.29, 1.82) is 0 Å². The van der Waals surface area contributed by atoms with Gasteiger partial charge in [-0.2, -0.15) is 0 Å². The number of anilines is 1. The van der Waals surface area contributed by atoms with Gasteiger partial charge >= 0.3 is 18.0 Å². The average molecular weight is 998 g/mol. The van der Waals surface area contributed by atoms with Crippen molar-refractivity contribution in [3.8, 4) is 17.6 Å². The predicted octanol–water partition coefficient (Wildman–Crippen LogP) is 7.22. The normalized spacial score (nSPS) is 23.0. The number of fused-ring (bicyclic) bond motifs is 4. The van der Waals surface area contributed by atoms with E-state index in [1.54, 1.807) is 53.8 Å². The molecule has 0 unspecified atom stereocenters. The molecule has 74 heavy (non-hydrogen) atoms. The van der Waals surface area contributed by atoms with Gasteiger partial charge in [0, 0.05) is 18.7 Å². The third kappa shape index (κ3) is 8.93. The summed E-state index contributed by atoms with van der Waals surface area (Å²) < 4.78 is 19.4. The molecule has 0 radical (unpaired) electrons. The number of carbonyl (C=O) groups is 5. The summed E-state index contributed by atoms with van der Waals surface area (Å²) in [5, 5.41) is 21.1. The number of nitrogens with one attached hydrogen (secondary N) is 1. The maximum Gasteiger partial charge on any atom is 0.329 e. The summed E-state index contributed by atoms with van der Waals surface area (Å²) in [6.07, 6.45) is 3.34. The van der Waals surface area contributed by atoms with Crippen LogP contribution in [0.4, 0.5) is 10.5 Å². The molecule has 4 aliphatic heterocycles. The van der Waals surface area contributed by atoms with Crippen molar-refractivity contribution < 1.29 is 43.3 Å². The van der Waals surface area contributed by atoms with Gasteiger partial charge in [0.15, 0.2) is 0 Å². The number of ether oxygens (including phenoxy) is 3. The number of urea groups is 1. The summed E-state index contributed by atoms with van der Waals surface area (Å²) in [7, 11) is 1.23. The number of cyclic esters (lactones) is 1. The van der Waals surface area contributed by atoms with Crippen LogP contribution in [0.1, 0.15) is 92.0 Å². The van der Waals surface area contributed by atoms with Crippen molar-refractivity contribution >= 4 is 46.5 Å². The number of aliphatic hydroxyl groups is 1. The molecule has 3 fully saturated rings. The maximum absolute atomic E-state index is 16.9. The smallest absolute Gasteiger partial charge is 0.329 e. The molecule has 0 saturated carbocycles. The SMILES string of the molecule is COC(=O)[C@@H](NC(=O)N1C(=O)[C@@]2(c3cc(C#CCn4nnc5ccccc54)ccc31)[C@H](c1ccc(OCCO)cc1)N1[C@H](c3ccccc3)[C@H](c3ccccc3)OC(=O)[C@H]1[C@@H]2C(=O)N1CCCCCCC1)C(C)C. The molecule has 4 amide bonds. The number of likely N-dealkylation sites (tertiary alicyclic amines) is 1. The Morgan fingerprint density at radius 2 is 1.50 bits per heavy atom. The van der Waals surface area contributed by atoms with Gasteiger partial charge in [-0.1, -0.05) is 135 Å². The number of para-hydroxylation sites is 1. The van der Waals surface area contributed by atoms with Gasteiger partial charge in [0.05, 0.1) is 42.9 Å². The summed E-state index contributed by atoms with van der Waals surface area (Å²) >= 11 is 0. The molecule has 16 nitrogen and oxygen atoms in total. The van der Waals surface area contributed by atoms with Crippen molar-refractivity contribution in [2.24, 2.45) is 11.8 Å². The number of aliphatic hydroxyl groups excluding tert-OH is 1. The molecule has 0 aliphatic carbocycles. The van der Waals surface area contributed by atoms with Gasteiger partial charge in [0.2, 0.25) is 11.8 Å². The second-order valence-corrected chi connectivity index (χ2v) is 19.6. The lowest BCUT2D eigenvalue weighted by atomic mass is 9.64. The van der Waals surface area contributed by atoms with Gasteiger partial charge < -0.3 is 29.5 Å². The number of aromatic nitrogens is 3. The van der Waals surface area contributed by atoms with E-state index in [9.17, 15) is 9.90 Å². The van der Waals surface area contributed by atoms with E-state index >= 15 is 19.2 Å². The van der Waals surface area contributed by atoms with Crippen LogP contribution < -0.4 is 15.0 Å². The molecule has 0 bridgehead atoms. The van der Waals surface area contributed by atoms with E-state index in [2.05, 4.69) is 27.5 Å². The van der Waals surface area contributed by atoms with Crippen LogP contribution in [0.5, 0.6) is 5.75 Å². The number of nitrogens with zero attached hydrogens (tertiary/aromatic N) is 6. The highest BCUT2D eigenvalue weighted by molar-refractivity contribution is 6.25. The summed E-state index contributed by atoms with van der Waals surface area (Å²) in [5.74, 6) is 2.46. The van der Waals surface area contributed by atoms with Crippen molar-refractivity contribution in [3.63, 3.8) is 0 Å². The van der Waals surface area contributed by atoms with E-state index < -0.39 is 77.3 Å². The molecule has 6 aromatic rings. The lowest BCUT2D eigenvalue weighted by Crippen LogP contribution is -2.58. The van der Waals surface area contributed by atoms with Crippen LogP contribution in [-0.2, 0) is 40.6 Å². The van der Waals surface area contributed by atoms with Crippen molar-refractivity contribution in [2.75, 3.05) is 38.3 Å². The van der Waals surface area contributed by atoms with Gasteiger partial charge in [-0.3, -0.25) is 19.3 Å². The summed E-state index contributed by atoms with van der Waals surface area (Å²) in [4.78, 5) is 82.3. The zero-order chi connectivity index (χ0) is 51.5. The highest BCUT2D eigenvalue weighted by atomic mass is 16.6. The summed E-state index contributed by atoms with van der Waals surface area (Å²) in [5.41, 5.74) is 2.41. The number of esters is 2. The zero-order valence-corrected chi connectivity index (χ0v) is 41.6. The first kappa shape index (κ1) is 49.7. The van der Waals surface area contributed by atoms with Gasteiger partial charge in [-0.05, 0) is 83.5 Å². The minimum atomic E-state index is -2.04. The van der Waals surface area contributed by atoms with E-state index in [0.717, 1.165) is 48.1 Å². The second-order valence-electron chi connectivity index (χ2n) is 19.6. The zero-order valence-electron chi connectivity index (χ0n) is 41.6. The highest BCUT2D eigenvalue weighted by Crippen LogP contribution is 2.66. The lowest BCUT2D eigenvalue weighted by molar-refractivity contribution is -0.179. The Balaban J connectivity index is 1.25. The number of imide groups is 1. The first-order valence-electron chi connectivity index (χ1n) is 25.4. The molecule has 3 saturated heterocycles. The van der Waals surface area contributed by atoms with Gasteiger partial charge in [-0.15, -0.1) is 5.10 Å². The summed E-state index contributed by atoms with van der Waals surface area (Å²) in [6, 6.07) is 33.4. The van der Waals surface area contributed by atoms with Gasteiger partial charge in [0.1, 0.15) is 48.0 Å². The van der Waals surface area contributed by atoms with Crippen molar-refractivity contribution in [1.82, 2.24) is 30.1 Å². The standard InChI is InChI=1S/C58H59N7O9/c1-37(2)48(54(68)72-3)59-57(71)64-45-30-25-38(18-17-33-63-46-24-14-13-23-44(46)60-61-63)36-43(45)58(56(64)70)47(53(67)62-31-15-5-4-6-16-32-62)50-55(69)74-51(40-21-11-8-12-22-40)49(39-19-9-7-10-20-39)65(50)52(58)41-26-28-42(29-27-41)73-35-34-66/h7-14,19-30,36-37,47-52,66H,4-6,15-16,31-35H2,1-3H3,(H,59,71)/t47-,48+,49-,50-,51+,52+,58-/m1/s1. The number of amides is 4. The van der Waals surface area contributed by atoms with Gasteiger partial charge in [0.25, 0.3) is 0 Å². The van der Waals surface area contributed by atoms with E-state index in [0.29, 0.717) is 46.6 Å². The molecule has 5 aromatic carbocycles. The number of hydrogen-bond donors (Lipinski definition) is 2. The molecular weight excluding hydrogens is 939 g/mol. The topological polar surface area (TPSA) is 186 Å². The number of carbonyl (C=O) groups excluding carboxylic acids is 5. The molecule has 380 valence electrons. The van der Waals surface area contributed by atoms with E-state index in [-0.39, 0.29) is 25.4 Å². The first-order chi connectivity index (χ1) is 36.1. The van der Waals surface area contributed by atoms with E-state index in [1.807, 2.05) is 102 Å². The number of benzene rings is 5. The van der Waals surface area contributed by atoms with Crippen LogP contribution in [0.2, 0.25) is 0 Å². The Kier molecular flexibility index (Phi) is 14.3. The van der Waals surface area contributed by atoms with Crippen LogP contribution in [0.25, 0.3) is 11.0 Å². The third-order valence-electron chi connectivity index (χ3n) is 14.9. The van der Waals surface area contributed by atoms with Gasteiger partial charge in [-0.25, -0.2) is 19.2 Å². The van der Waals surface area contributed by atoms with Crippen LogP contribution in [0.3, 0.4) is 0 Å². The molecule has 7 atom stereocenters. The number of methoxy groups -OCH3 is 1. The molecule has 5 heterocycles. The van der Waals surface area contributed by atoms with Crippen molar-refractivity contribution in [3.05, 3.63) is 155 Å². The van der Waals surface area contributed by atoms with Crippen LogP contribution in [-0.4, -0.2) is 105 Å². The molecule has 1 aromatic heterocycles. The highest BCUT2D eigenvalue weighted by Gasteiger charge is 2.76. The Labute approximate surface area is 429 Å². The fourth-order valence-electron chi connectivity index (χ4n) is 11.6. The number of rotatable bonds is 11.